The zero-order valence-corrected chi connectivity index (χ0v) is 13.7. The van der Waals surface area contributed by atoms with E-state index < -0.39 is 10.0 Å². The molecular formula is C13H22N4O3S. The number of hydrogen-bond acceptors (Lipinski definition) is 4. The fraction of sp³-hybridized carbons (Fsp3) is 0.692. The summed E-state index contributed by atoms with van der Waals surface area (Å²) in [6, 6.07) is -0.213. The summed E-state index contributed by atoms with van der Waals surface area (Å²) in [6.45, 7) is 4.73. The summed E-state index contributed by atoms with van der Waals surface area (Å²) >= 11 is 0. The molecule has 0 spiro atoms. The highest BCUT2D eigenvalue weighted by Gasteiger charge is 2.29. The minimum absolute atomic E-state index is 0.0712. The molecule has 0 bridgehead atoms. The molecule has 21 heavy (non-hydrogen) atoms. The van der Waals surface area contributed by atoms with Gasteiger partial charge in [0.2, 0.25) is 10.0 Å². The molecule has 1 aliphatic heterocycles. The topological polar surface area (TPSA) is 84.3 Å². The van der Waals surface area contributed by atoms with Crippen molar-refractivity contribution in [3.8, 4) is 0 Å². The van der Waals surface area contributed by atoms with E-state index in [-0.39, 0.29) is 11.9 Å². The first-order valence-corrected chi connectivity index (χ1v) is 8.85. The maximum atomic E-state index is 12.7. The molecule has 1 N–H and O–H groups in total. The lowest BCUT2D eigenvalue weighted by Crippen LogP contribution is -2.49. The average molecular weight is 314 g/mol. The summed E-state index contributed by atoms with van der Waals surface area (Å²) < 4.78 is 26.9. The second kappa shape index (κ2) is 5.76. The summed E-state index contributed by atoms with van der Waals surface area (Å²) in [4.78, 5) is 14.4. The van der Waals surface area contributed by atoms with Crippen LogP contribution in [0.1, 0.15) is 34.6 Å². The van der Waals surface area contributed by atoms with Crippen LogP contribution in [0.25, 0.3) is 0 Å². The Morgan fingerprint density at radius 2 is 2.05 bits per heavy atom. The van der Waals surface area contributed by atoms with Crippen molar-refractivity contribution in [2.24, 2.45) is 7.05 Å². The second-order valence-electron chi connectivity index (χ2n) is 5.65. The first kappa shape index (κ1) is 16.0. The lowest BCUT2D eigenvalue weighted by Gasteiger charge is -2.32. The van der Waals surface area contributed by atoms with E-state index in [1.165, 1.54) is 0 Å². The molecule has 2 rings (SSSR count). The van der Waals surface area contributed by atoms with E-state index in [2.05, 4.69) is 9.82 Å². The molecule has 1 aliphatic rings. The summed E-state index contributed by atoms with van der Waals surface area (Å²) in [7, 11) is -1.45. The van der Waals surface area contributed by atoms with Crippen LogP contribution in [0.4, 0.5) is 0 Å². The van der Waals surface area contributed by atoms with Crippen molar-refractivity contribution < 1.29 is 13.2 Å². The minimum Gasteiger partial charge on any atom is -0.337 e. The maximum absolute atomic E-state index is 12.7. The average Bonchev–Trinajstić information content (AvgIpc) is 2.61. The first-order chi connectivity index (χ1) is 9.69. The summed E-state index contributed by atoms with van der Waals surface area (Å²) in [6.07, 6.45) is 2.68. The van der Waals surface area contributed by atoms with Gasteiger partial charge in [-0.15, -0.1) is 0 Å². The van der Waals surface area contributed by atoms with Gasteiger partial charge >= 0.3 is 0 Å². The van der Waals surface area contributed by atoms with Gasteiger partial charge in [0.15, 0.2) is 0 Å². The molecule has 0 radical (unpaired) electrons. The van der Waals surface area contributed by atoms with Crippen LogP contribution in [0.2, 0.25) is 0 Å². The highest BCUT2D eigenvalue weighted by Crippen LogP contribution is 2.18. The van der Waals surface area contributed by atoms with E-state index in [9.17, 15) is 13.2 Å². The molecular weight excluding hydrogens is 292 g/mol. The Balaban J connectivity index is 2.16. The molecule has 8 heteroatoms. The number of sulfonamides is 1. The van der Waals surface area contributed by atoms with Gasteiger partial charge in [0, 0.05) is 31.9 Å². The van der Waals surface area contributed by atoms with Gasteiger partial charge in [-0.25, -0.2) is 13.1 Å². The molecule has 7 nitrogen and oxygen atoms in total. The number of carbonyl (C=O) groups excluding carboxylic acids is 1. The molecule has 1 atom stereocenters. The normalized spacial score (nSPS) is 19.8. The molecule has 0 saturated carbocycles. The fourth-order valence-electron chi connectivity index (χ4n) is 2.80. The summed E-state index contributed by atoms with van der Waals surface area (Å²) in [5.74, 6) is -0.0712. The smallest absolute Gasteiger partial charge is 0.257 e. The highest BCUT2D eigenvalue weighted by atomic mass is 32.2. The van der Waals surface area contributed by atoms with Crippen molar-refractivity contribution in [2.75, 3.05) is 19.3 Å². The minimum atomic E-state index is -3.25. The van der Waals surface area contributed by atoms with Gasteiger partial charge in [0.25, 0.3) is 5.91 Å². The van der Waals surface area contributed by atoms with Crippen LogP contribution < -0.4 is 4.72 Å². The van der Waals surface area contributed by atoms with Gasteiger partial charge in [-0.05, 0) is 26.7 Å². The van der Waals surface area contributed by atoms with Crippen molar-refractivity contribution >= 4 is 15.9 Å². The predicted molar refractivity (Wildman–Crippen MR) is 79.6 cm³/mol. The van der Waals surface area contributed by atoms with Crippen molar-refractivity contribution in [2.45, 2.75) is 32.7 Å². The third-order valence-electron chi connectivity index (χ3n) is 3.81. The van der Waals surface area contributed by atoms with Crippen LogP contribution in [-0.4, -0.2) is 54.4 Å². The number of rotatable bonds is 3. The van der Waals surface area contributed by atoms with Crippen LogP contribution >= 0.6 is 0 Å². The Hall–Kier alpha value is -1.41. The van der Waals surface area contributed by atoms with E-state index in [0.29, 0.717) is 24.3 Å². The molecule has 1 saturated heterocycles. The van der Waals surface area contributed by atoms with Gasteiger partial charge in [-0.1, -0.05) is 0 Å². The number of likely N-dealkylation sites (tertiary alicyclic amines) is 1. The molecule has 0 aromatic carbocycles. The molecule has 1 aromatic heterocycles. The quantitative estimate of drug-likeness (QED) is 0.863. The van der Waals surface area contributed by atoms with E-state index in [4.69, 9.17) is 0 Å². The number of aryl methyl sites for hydroxylation is 2. The van der Waals surface area contributed by atoms with Crippen LogP contribution in [0.3, 0.4) is 0 Å². The van der Waals surface area contributed by atoms with E-state index in [0.717, 1.165) is 24.8 Å². The number of piperidine rings is 1. The number of carbonyl (C=O) groups is 1. The third kappa shape index (κ3) is 3.62. The Morgan fingerprint density at radius 3 is 2.57 bits per heavy atom. The van der Waals surface area contributed by atoms with Gasteiger partial charge in [-0.2, -0.15) is 5.10 Å². The molecule has 2 heterocycles. The molecule has 0 aliphatic carbocycles. The molecule has 1 aromatic rings. The monoisotopic (exact) mass is 314 g/mol. The molecule has 0 unspecified atom stereocenters. The maximum Gasteiger partial charge on any atom is 0.257 e. The van der Waals surface area contributed by atoms with Crippen molar-refractivity contribution in [1.82, 2.24) is 19.4 Å². The predicted octanol–water partition coefficient (Wildman–Crippen LogP) is 0.191. The Kier molecular flexibility index (Phi) is 4.38. The van der Waals surface area contributed by atoms with Gasteiger partial charge in [0.05, 0.1) is 17.5 Å². The van der Waals surface area contributed by atoms with Crippen molar-refractivity contribution in [3.63, 3.8) is 0 Å². The number of nitrogens with zero attached hydrogens (tertiary/aromatic N) is 3. The van der Waals surface area contributed by atoms with Crippen LogP contribution in [0.5, 0.6) is 0 Å². The van der Waals surface area contributed by atoms with Crippen molar-refractivity contribution in [3.05, 3.63) is 17.0 Å². The third-order valence-corrected chi connectivity index (χ3v) is 4.57. The standard InChI is InChI=1S/C13H22N4O3S/c1-9-12(10(2)16(3)14-9)13(18)17-7-5-6-11(8-17)15-21(4,19)20/h11,15H,5-8H2,1-4H3/t11-/m0/s1. The summed E-state index contributed by atoms with van der Waals surface area (Å²) in [5.41, 5.74) is 2.16. The van der Waals surface area contributed by atoms with Crippen LogP contribution in [-0.2, 0) is 17.1 Å². The van der Waals surface area contributed by atoms with Crippen LogP contribution in [0.15, 0.2) is 0 Å². The highest BCUT2D eigenvalue weighted by molar-refractivity contribution is 7.88. The first-order valence-electron chi connectivity index (χ1n) is 6.96. The lowest BCUT2D eigenvalue weighted by atomic mass is 10.0. The van der Waals surface area contributed by atoms with E-state index >= 15 is 0 Å². The Labute approximate surface area is 125 Å². The zero-order chi connectivity index (χ0) is 15.8. The van der Waals surface area contributed by atoms with Gasteiger partial charge in [-0.3, -0.25) is 9.48 Å². The van der Waals surface area contributed by atoms with E-state index in [1.807, 2.05) is 20.9 Å². The lowest BCUT2D eigenvalue weighted by molar-refractivity contribution is 0.0701. The van der Waals surface area contributed by atoms with Gasteiger partial charge < -0.3 is 4.90 Å². The Bertz CT molecular complexity index is 651. The second-order valence-corrected chi connectivity index (χ2v) is 7.43. The zero-order valence-electron chi connectivity index (χ0n) is 12.9. The van der Waals surface area contributed by atoms with Gasteiger partial charge in [0.1, 0.15) is 0 Å². The Morgan fingerprint density at radius 1 is 1.38 bits per heavy atom. The largest absolute Gasteiger partial charge is 0.337 e. The van der Waals surface area contributed by atoms with Crippen LogP contribution in [0, 0.1) is 13.8 Å². The number of amides is 1. The van der Waals surface area contributed by atoms with Crippen molar-refractivity contribution in [1.29, 1.82) is 0 Å². The SMILES string of the molecule is Cc1nn(C)c(C)c1C(=O)N1CCC[C@H](NS(C)(=O)=O)C1. The number of hydrogen-bond donors (Lipinski definition) is 1. The molecule has 1 amide bonds. The van der Waals surface area contributed by atoms with E-state index in [1.54, 1.807) is 9.58 Å². The fourth-order valence-corrected chi connectivity index (χ4v) is 3.60. The summed E-state index contributed by atoms with van der Waals surface area (Å²) in [5, 5.41) is 4.26. The number of nitrogens with one attached hydrogen (secondary N) is 1. The number of aromatic nitrogens is 2. The molecule has 1 fully saturated rings. The molecule has 118 valence electrons.